The molecule has 0 aliphatic rings. The number of ketones is 1. The second kappa shape index (κ2) is 7.94. The number of carbonyl (C=O) groups excluding carboxylic acids is 2. The first kappa shape index (κ1) is 18.7. The molecule has 0 heterocycles. The molecule has 7 heteroatoms. The zero-order valence-electron chi connectivity index (χ0n) is 14.1. The third kappa shape index (κ3) is 5.42. The topological polar surface area (TPSA) is 92.3 Å². The molecule has 0 fully saturated rings. The summed E-state index contributed by atoms with van der Waals surface area (Å²) in [6.07, 6.45) is 0.506. The van der Waals surface area contributed by atoms with Crippen LogP contribution in [0.4, 0.5) is 11.4 Å². The highest BCUT2D eigenvalue weighted by molar-refractivity contribution is 7.92. The van der Waals surface area contributed by atoms with E-state index in [1.807, 2.05) is 0 Å². The van der Waals surface area contributed by atoms with Gasteiger partial charge in [-0.05, 0) is 55.8 Å². The number of benzene rings is 2. The van der Waals surface area contributed by atoms with Gasteiger partial charge < -0.3 is 5.32 Å². The van der Waals surface area contributed by atoms with E-state index in [4.69, 9.17) is 0 Å². The number of anilines is 2. The number of Topliss-reactive ketones (excluding diaryl/α,β-unsaturated/α-hetero) is 1. The maximum absolute atomic E-state index is 12.3. The van der Waals surface area contributed by atoms with Crippen LogP contribution in [0, 0.1) is 0 Å². The van der Waals surface area contributed by atoms with Crippen LogP contribution in [-0.2, 0) is 10.0 Å². The molecule has 2 aromatic carbocycles. The number of hydrogen-bond donors (Lipinski definition) is 2. The summed E-state index contributed by atoms with van der Waals surface area (Å²) in [5.41, 5.74) is 1.78. The Kier molecular flexibility index (Phi) is 5.93. The molecular formula is C18H20N2O4S. The minimum absolute atomic E-state index is 0.0198. The first-order valence-electron chi connectivity index (χ1n) is 7.83. The fraction of sp³-hybridized carbons (Fsp3) is 0.222. The van der Waals surface area contributed by atoms with E-state index in [1.165, 1.54) is 13.0 Å². The molecule has 0 aliphatic heterocycles. The number of sulfonamides is 1. The van der Waals surface area contributed by atoms with Crippen molar-refractivity contribution in [3.63, 3.8) is 0 Å². The monoisotopic (exact) mass is 360 g/mol. The molecule has 0 saturated heterocycles. The van der Waals surface area contributed by atoms with Gasteiger partial charge in [0.2, 0.25) is 10.0 Å². The summed E-state index contributed by atoms with van der Waals surface area (Å²) in [4.78, 5) is 23.6. The molecule has 0 atom stereocenters. The van der Waals surface area contributed by atoms with Gasteiger partial charge in [-0.3, -0.25) is 14.3 Å². The van der Waals surface area contributed by atoms with E-state index in [0.29, 0.717) is 28.9 Å². The molecular weight excluding hydrogens is 340 g/mol. The molecule has 2 N–H and O–H groups in total. The minimum Gasteiger partial charge on any atom is -0.322 e. The maximum atomic E-state index is 12.3. The summed E-state index contributed by atoms with van der Waals surface area (Å²) >= 11 is 0. The van der Waals surface area contributed by atoms with E-state index in [1.54, 1.807) is 49.4 Å². The Balaban J connectivity index is 2.11. The molecule has 2 rings (SSSR count). The van der Waals surface area contributed by atoms with Crippen molar-refractivity contribution in [2.75, 3.05) is 15.8 Å². The van der Waals surface area contributed by atoms with Gasteiger partial charge in [0.05, 0.1) is 5.75 Å². The van der Waals surface area contributed by atoms with Crippen molar-refractivity contribution >= 4 is 33.1 Å². The summed E-state index contributed by atoms with van der Waals surface area (Å²) in [5.74, 6) is -0.400. The second-order valence-corrected chi connectivity index (χ2v) is 7.43. The van der Waals surface area contributed by atoms with Crippen molar-refractivity contribution < 1.29 is 18.0 Å². The lowest BCUT2D eigenvalue weighted by Gasteiger charge is -2.09. The van der Waals surface area contributed by atoms with Gasteiger partial charge in [0, 0.05) is 22.5 Å². The smallest absolute Gasteiger partial charge is 0.255 e. The van der Waals surface area contributed by atoms with E-state index < -0.39 is 10.0 Å². The van der Waals surface area contributed by atoms with E-state index in [-0.39, 0.29) is 17.4 Å². The molecule has 0 bridgehead atoms. The molecule has 0 spiro atoms. The van der Waals surface area contributed by atoms with Gasteiger partial charge in [0.1, 0.15) is 0 Å². The summed E-state index contributed by atoms with van der Waals surface area (Å²) in [5, 5.41) is 2.71. The number of rotatable bonds is 7. The van der Waals surface area contributed by atoms with Crippen LogP contribution in [0.3, 0.4) is 0 Å². The molecule has 0 aliphatic carbocycles. The van der Waals surface area contributed by atoms with Crippen molar-refractivity contribution in [1.29, 1.82) is 0 Å². The van der Waals surface area contributed by atoms with Gasteiger partial charge in [-0.25, -0.2) is 8.42 Å². The molecule has 0 unspecified atom stereocenters. The zero-order valence-corrected chi connectivity index (χ0v) is 14.9. The standard InChI is InChI=1S/C18H20N2O4S/c1-3-11-25(23,24)20-17-6-4-5-15(12-17)18(22)19-16-9-7-14(8-10-16)13(2)21/h4-10,12,20H,3,11H2,1-2H3,(H,19,22). The Labute approximate surface area is 147 Å². The average molecular weight is 360 g/mol. The normalized spacial score (nSPS) is 11.0. The van der Waals surface area contributed by atoms with Crippen LogP contribution in [0.15, 0.2) is 48.5 Å². The lowest BCUT2D eigenvalue weighted by Crippen LogP contribution is -2.17. The third-order valence-corrected chi connectivity index (χ3v) is 4.91. The van der Waals surface area contributed by atoms with E-state index in [2.05, 4.69) is 10.0 Å². The van der Waals surface area contributed by atoms with Gasteiger partial charge in [-0.15, -0.1) is 0 Å². The lowest BCUT2D eigenvalue weighted by molar-refractivity contribution is 0.101. The molecule has 25 heavy (non-hydrogen) atoms. The highest BCUT2D eigenvalue weighted by Gasteiger charge is 2.11. The Hall–Kier alpha value is -2.67. The summed E-state index contributed by atoms with van der Waals surface area (Å²) < 4.78 is 26.1. The molecule has 2 aromatic rings. The summed E-state index contributed by atoms with van der Waals surface area (Å²) in [6.45, 7) is 3.25. The number of carbonyl (C=O) groups is 2. The van der Waals surface area contributed by atoms with Gasteiger partial charge >= 0.3 is 0 Å². The summed E-state index contributed by atoms with van der Waals surface area (Å²) in [7, 11) is -3.41. The molecule has 6 nitrogen and oxygen atoms in total. The van der Waals surface area contributed by atoms with Gasteiger partial charge in [0.15, 0.2) is 5.78 Å². The minimum atomic E-state index is -3.41. The SMILES string of the molecule is CCCS(=O)(=O)Nc1cccc(C(=O)Nc2ccc(C(C)=O)cc2)c1. The van der Waals surface area contributed by atoms with Gasteiger partial charge in [-0.2, -0.15) is 0 Å². The van der Waals surface area contributed by atoms with Gasteiger partial charge in [0.25, 0.3) is 5.91 Å². The molecule has 0 radical (unpaired) electrons. The first-order chi connectivity index (χ1) is 11.8. The Morgan fingerprint density at radius 2 is 1.64 bits per heavy atom. The van der Waals surface area contributed by atoms with Crippen LogP contribution >= 0.6 is 0 Å². The van der Waals surface area contributed by atoms with Crippen LogP contribution in [0.1, 0.15) is 41.0 Å². The molecule has 1 amide bonds. The average Bonchev–Trinajstić information content (AvgIpc) is 2.55. The molecule has 0 aromatic heterocycles. The largest absolute Gasteiger partial charge is 0.322 e. The van der Waals surface area contributed by atoms with Crippen LogP contribution in [0.25, 0.3) is 0 Å². The summed E-state index contributed by atoms with van der Waals surface area (Å²) in [6, 6.07) is 12.8. The van der Waals surface area contributed by atoms with E-state index in [0.717, 1.165) is 0 Å². The first-order valence-corrected chi connectivity index (χ1v) is 9.49. The van der Waals surface area contributed by atoms with Crippen LogP contribution in [0.2, 0.25) is 0 Å². The second-order valence-electron chi connectivity index (χ2n) is 5.59. The lowest BCUT2D eigenvalue weighted by atomic mass is 10.1. The Morgan fingerprint density at radius 1 is 0.960 bits per heavy atom. The van der Waals surface area contributed by atoms with Crippen LogP contribution < -0.4 is 10.0 Å². The fourth-order valence-corrected chi connectivity index (χ4v) is 3.34. The Bertz CT molecular complexity index is 874. The number of hydrogen-bond acceptors (Lipinski definition) is 4. The predicted octanol–water partition coefficient (Wildman–Crippen LogP) is 3.29. The Morgan fingerprint density at radius 3 is 2.24 bits per heavy atom. The fourth-order valence-electron chi connectivity index (χ4n) is 2.21. The number of nitrogens with one attached hydrogen (secondary N) is 2. The van der Waals surface area contributed by atoms with Crippen molar-refractivity contribution in [3.8, 4) is 0 Å². The molecule has 0 saturated carbocycles. The highest BCUT2D eigenvalue weighted by atomic mass is 32.2. The third-order valence-electron chi connectivity index (χ3n) is 3.42. The van der Waals surface area contributed by atoms with Crippen molar-refractivity contribution in [2.24, 2.45) is 0 Å². The van der Waals surface area contributed by atoms with E-state index >= 15 is 0 Å². The zero-order chi connectivity index (χ0) is 18.4. The maximum Gasteiger partial charge on any atom is 0.255 e. The van der Waals surface area contributed by atoms with E-state index in [9.17, 15) is 18.0 Å². The van der Waals surface area contributed by atoms with Gasteiger partial charge in [-0.1, -0.05) is 13.0 Å². The predicted molar refractivity (Wildman–Crippen MR) is 98.5 cm³/mol. The van der Waals surface area contributed by atoms with Crippen molar-refractivity contribution in [1.82, 2.24) is 0 Å². The highest BCUT2D eigenvalue weighted by Crippen LogP contribution is 2.16. The number of amides is 1. The van der Waals surface area contributed by atoms with Crippen molar-refractivity contribution in [3.05, 3.63) is 59.7 Å². The van der Waals surface area contributed by atoms with Crippen molar-refractivity contribution in [2.45, 2.75) is 20.3 Å². The molecule has 132 valence electrons. The van der Waals surface area contributed by atoms with Crippen LogP contribution in [-0.4, -0.2) is 25.9 Å². The van der Waals surface area contributed by atoms with Crippen LogP contribution in [0.5, 0.6) is 0 Å². The quantitative estimate of drug-likeness (QED) is 0.741.